The molecule has 6 nitrogen and oxygen atoms in total. The highest BCUT2D eigenvalue weighted by molar-refractivity contribution is 6.04. The second-order valence-electron chi connectivity index (χ2n) is 8.08. The van der Waals surface area contributed by atoms with Gasteiger partial charge in [0.1, 0.15) is 5.60 Å². The van der Waals surface area contributed by atoms with Crippen LogP contribution in [0.4, 0.5) is 5.69 Å². The fraction of sp³-hybridized carbons (Fsp3) is 0.500. The van der Waals surface area contributed by atoms with Crippen molar-refractivity contribution in [2.45, 2.75) is 37.2 Å². The second kappa shape index (κ2) is 4.56. The number of ether oxygens (including phenoxy) is 2. The molecule has 0 aliphatic carbocycles. The van der Waals surface area contributed by atoms with Crippen molar-refractivity contribution in [3.05, 3.63) is 41.5 Å². The summed E-state index contributed by atoms with van der Waals surface area (Å²) in [7, 11) is 0. The van der Waals surface area contributed by atoms with Crippen LogP contribution in [0.3, 0.4) is 0 Å². The predicted octanol–water partition coefficient (Wildman–Crippen LogP) is 0.491. The van der Waals surface area contributed by atoms with Crippen molar-refractivity contribution >= 4 is 17.6 Å². The molecule has 0 unspecified atom stereocenters. The standard InChI is InChI=1S/C20H19NO5/c1-9-2-3-12-11(8-9)16-10(5-7-25-16)17-20-6-4-13(26-20)14(19(23)24)15(20)18(22)21(12)17/h2-4,6,8,10,13-17H,5,7H2,1H3,(H,23,24)/p-1/t10-,13-,14+,15-,16-,17+,20+/m1/s1. The number of hydrogen-bond acceptors (Lipinski definition) is 5. The molecular formula is C20H18NO5-. The molecule has 2 bridgehead atoms. The molecule has 1 aromatic rings. The molecule has 6 heteroatoms. The summed E-state index contributed by atoms with van der Waals surface area (Å²) >= 11 is 0. The average Bonchev–Trinajstić information content (AvgIpc) is 3.35. The van der Waals surface area contributed by atoms with E-state index in [-0.39, 0.29) is 24.0 Å². The Balaban J connectivity index is 1.59. The smallest absolute Gasteiger partial charge is 0.234 e. The molecule has 1 aromatic carbocycles. The van der Waals surface area contributed by atoms with Crippen LogP contribution < -0.4 is 10.0 Å². The highest BCUT2D eigenvalue weighted by Crippen LogP contribution is 2.62. The summed E-state index contributed by atoms with van der Waals surface area (Å²) in [5.41, 5.74) is 2.09. The predicted molar refractivity (Wildman–Crippen MR) is 88.0 cm³/mol. The lowest BCUT2D eigenvalue weighted by Crippen LogP contribution is -2.53. The minimum atomic E-state index is -1.21. The number of aliphatic carboxylic acids is 1. The maximum Gasteiger partial charge on any atom is 0.234 e. The third kappa shape index (κ3) is 1.48. The molecule has 5 heterocycles. The molecule has 5 aliphatic heterocycles. The van der Waals surface area contributed by atoms with Gasteiger partial charge >= 0.3 is 0 Å². The van der Waals surface area contributed by atoms with Crippen LogP contribution in [0.2, 0.25) is 0 Å². The Morgan fingerprint density at radius 1 is 1.38 bits per heavy atom. The first kappa shape index (κ1) is 14.9. The summed E-state index contributed by atoms with van der Waals surface area (Å²) < 4.78 is 12.3. The van der Waals surface area contributed by atoms with E-state index in [4.69, 9.17) is 9.47 Å². The molecule has 7 atom stereocenters. The number of carbonyl (C=O) groups is 2. The quantitative estimate of drug-likeness (QED) is 0.688. The van der Waals surface area contributed by atoms with Crippen LogP contribution in [0.5, 0.6) is 0 Å². The fourth-order valence-corrected chi connectivity index (χ4v) is 6.02. The Hall–Kier alpha value is -2.18. The first-order valence-corrected chi connectivity index (χ1v) is 9.16. The van der Waals surface area contributed by atoms with Crippen molar-refractivity contribution in [1.82, 2.24) is 0 Å². The molecular weight excluding hydrogens is 334 g/mol. The van der Waals surface area contributed by atoms with Gasteiger partial charge in [0.15, 0.2) is 0 Å². The molecule has 0 saturated carbocycles. The SMILES string of the molecule is Cc1ccc2c(c1)[C@@H]1OCC[C@H]1[C@@H]1N2C(=O)[C@H]2[C@@H](C(=O)[O-])[C@H]3C=C[C@@]12O3. The number of amides is 1. The number of carbonyl (C=O) groups excluding carboxylic acids is 2. The van der Waals surface area contributed by atoms with Crippen molar-refractivity contribution in [3.8, 4) is 0 Å². The lowest BCUT2D eigenvalue weighted by molar-refractivity contribution is -0.313. The summed E-state index contributed by atoms with van der Waals surface area (Å²) in [5, 5.41) is 11.8. The van der Waals surface area contributed by atoms with Gasteiger partial charge in [0, 0.05) is 35.7 Å². The zero-order valence-electron chi connectivity index (χ0n) is 14.3. The molecule has 0 radical (unpaired) electrons. The Morgan fingerprint density at radius 3 is 3.04 bits per heavy atom. The first-order chi connectivity index (χ1) is 12.5. The van der Waals surface area contributed by atoms with Crippen molar-refractivity contribution in [3.63, 3.8) is 0 Å². The normalized spacial score (nSPS) is 44.0. The highest BCUT2D eigenvalue weighted by atomic mass is 16.5. The van der Waals surface area contributed by atoms with Crippen molar-refractivity contribution in [2.24, 2.45) is 17.8 Å². The number of fused-ring (bicyclic) bond motifs is 7. The number of benzene rings is 1. The fourth-order valence-electron chi connectivity index (χ4n) is 6.02. The summed E-state index contributed by atoms with van der Waals surface area (Å²) in [4.78, 5) is 27.0. The molecule has 6 rings (SSSR count). The van der Waals surface area contributed by atoms with Crippen LogP contribution in [-0.4, -0.2) is 36.2 Å². The number of rotatable bonds is 1. The zero-order valence-corrected chi connectivity index (χ0v) is 14.3. The van der Waals surface area contributed by atoms with E-state index in [0.717, 1.165) is 23.2 Å². The summed E-state index contributed by atoms with van der Waals surface area (Å²) in [6.07, 6.45) is 3.91. The summed E-state index contributed by atoms with van der Waals surface area (Å²) in [6.45, 7) is 2.66. The zero-order chi connectivity index (χ0) is 17.8. The Labute approximate surface area is 150 Å². The molecule has 5 aliphatic rings. The Kier molecular flexibility index (Phi) is 2.62. The number of hydrogen-bond donors (Lipinski definition) is 0. The first-order valence-electron chi connectivity index (χ1n) is 9.16. The van der Waals surface area contributed by atoms with E-state index >= 15 is 0 Å². The number of carboxylic acids is 1. The molecule has 1 amide bonds. The molecule has 0 N–H and O–H groups in total. The molecule has 26 heavy (non-hydrogen) atoms. The lowest BCUT2D eigenvalue weighted by atomic mass is 9.70. The monoisotopic (exact) mass is 352 g/mol. The number of carboxylic acid groups (broad SMARTS) is 1. The van der Waals surface area contributed by atoms with E-state index in [1.54, 1.807) is 11.0 Å². The lowest BCUT2D eigenvalue weighted by Gasteiger charge is -2.44. The minimum absolute atomic E-state index is 0.0786. The van der Waals surface area contributed by atoms with Gasteiger partial charge in [-0.2, -0.15) is 0 Å². The van der Waals surface area contributed by atoms with Gasteiger partial charge in [0.05, 0.1) is 24.2 Å². The topological polar surface area (TPSA) is 78.9 Å². The van der Waals surface area contributed by atoms with Gasteiger partial charge in [0.25, 0.3) is 0 Å². The van der Waals surface area contributed by atoms with Crippen LogP contribution >= 0.6 is 0 Å². The van der Waals surface area contributed by atoms with E-state index in [0.29, 0.717) is 6.61 Å². The largest absolute Gasteiger partial charge is 0.550 e. The average molecular weight is 352 g/mol. The molecule has 1 spiro atoms. The second-order valence-corrected chi connectivity index (χ2v) is 8.08. The molecule has 0 aromatic heterocycles. The molecule has 134 valence electrons. The van der Waals surface area contributed by atoms with Crippen molar-refractivity contribution in [1.29, 1.82) is 0 Å². The number of aryl methyl sites for hydroxylation is 1. The van der Waals surface area contributed by atoms with Crippen molar-refractivity contribution < 1.29 is 24.2 Å². The van der Waals surface area contributed by atoms with E-state index < -0.39 is 29.5 Å². The summed E-state index contributed by atoms with van der Waals surface area (Å²) in [5.74, 6) is -2.91. The third-order valence-corrected chi connectivity index (χ3v) is 6.89. The van der Waals surface area contributed by atoms with Gasteiger partial charge < -0.3 is 24.3 Å². The highest BCUT2D eigenvalue weighted by Gasteiger charge is 2.73. The maximum atomic E-state index is 13.4. The molecule has 3 fully saturated rings. The van der Waals surface area contributed by atoms with Crippen LogP contribution in [0.1, 0.15) is 23.7 Å². The molecule has 3 saturated heterocycles. The Bertz CT molecular complexity index is 894. The van der Waals surface area contributed by atoms with Gasteiger partial charge in [0.2, 0.25) is 5.91 Å². The van der Waals surface area contributed by atoms with Crippen LogP contribution in [-0.2, 0) is 19.1 Å². The van der Waals surface area contributed by atoms with E-state index in [9.17, 15) is 14.7 Å². The summed E-state index contributed by atoms with van der Waals surface area (Å²) in [6, 6.07) is 5.79. The van der Waals surface area contributed by atoms with Gasteiger partial charge in [-0.3, -0.25) is 4.79 Å². The van der Waals surface area contributed by atoms with Crippen LogP contribution in [0.15, 0.2) is 30.4 Å². The van der Waals surface area contributed by atoms with E-state index in [1.165, 1.54) is 0 Å². The van der Waals surface area contributed by atoms with Gasteiger partial charge in [-0.05, 0) is 19.4 Å². The maximum absolute atomic E-state index is 13.4. The van der Waals surface area contributed by atoms with Crippen molar-refractivity contribution in [2.75, 3.05) is 11.5 Å². The van der Waals surface area contributed by atoms with Crippen LogP contribution in [0.25, 0.3) is 0 Å². The number of anilines is 1. The van der Waals surface area contributed by atoms with Crippen LogP contribution in [0, 0.1) is 24.7 Å². The third-order valence-electron chi connectivity index (χ3n) is 6.89. The number of nitrogens with zero attached hydrogens (tertiary/aromatic N) is 1. The van der Waals surface area contributed by atoms with Gasteiger partial charge in [-0.15, -0.1) is 0 Å². The minimum Gasteiger partial charge on any atom is -0.550 e. The Morgan fingerprint density at radius 2 is 2.23 bits per heavy atom. The van der Waals surface area contributed by atoms with E-state index in [1.807, 2.05) is 25.1 Å². The van der Waals surface area contributed by atoms with E-state index in [2.05, 4.69) is 6.07 Å². The van der Waals surface area contributed by atoms with Gasteiger partial charge in [-0.1, -0.05) is 29.8 Å². The van der Waals surface area contributed by atoms with Gasteiger partial charge in [-0.25, -0.2) is 0 Å².